The lowest BCUT2D eigenvalue weighted by molar-refractivity contribution is 0.0948. The Labute approximate surface area is 173 Å². The number of amides is 1. The third-order valence-corrected chi connectivity index (χ3v) is 5.42. The topological polar surface area (TPSA) is 77.8 Å². The van der Waals surface area contributed by atoms with E-state index in [1.807, 2.05) is 48.7 Å². The zero-order valence-electron chi connectivity index (χ0n) is 15.8. The molecule has 1 amide bonds. The normalized spacial score (nSPS) is 12.1. The summed E-state index contributed by atoms with van der Waals surface area (Å²) in [4.78, 5) is 30.3. The van der Waals surface area contributed by atoms with Gasteiger partial charge in [0.25, 0.3) is 5.91 Å². The average Bonchev–Trinajstić information content (AvgIpc) is 3.37. The molecule has 1 atom stereocenters. The van der Waals surface area contributed by atoms with Crippen molar-refractivity contribution in [1.82, 2.24) is 15.3 Å². The van der Waals surface area contributed by atoms with Gasteiger partial charge in [-0.25, -0.2) is 0 Å². The summed E-state index contributed by atoms with van der Waals surface area (Å²) in [6.45, 7) is 1.83. The molecule has 0 aliphatic rings. The number of Topliss-reactive ketones (excluding diaryl/α,β-unsaturated/α-hetero) is 1. The van der Waals surface area contributed by atoms with Crippen molar-refractivity contribution in [3.8, 4) is 0 Å². The number of fused-ring (bicyclic) bond motifs is 1. The zero-order chi connectivity index (χ0) is 20.4. The summed E-state index contributed by atoms with van der Waals surface area (Å²) in [6, 6.07) is 17.3. The summed E-state index contributed by atoms with van der Waals surface area (Å²) in [5.74, 6) is -0.492. The third kappa shape index (κ3) is 3.82. The molecule has 5 nitrogen and oxygen atoms in total. The fourth-order valence-electron chi connectivity index (χ4n) is 3.55. The molecule has 4 rings (SSSR count). The number of para-hydroxylation sites is 1. The van der Waals surface area contributed by atoms with E-state index in [9.17, 15) is 9.59 Å². The van der Waals surface area contributed by atoms with E-state index in [2.05, 4.69) is 21.4 Å². The van der Waals surface area contributed by atoms with Crippen molar-refractivity contribution in [2.45, 2.75) is 12.8 Å². The van der Waals surface area contributed by atoms with Crippen molar-refractivity contribution in [1.29, 1.82) is 0 Å². The van der Waals surface area contributed by atoms with Crippen LogP contribution in [0, 0.1) is 0 Å². The van der Waals surface area contributed by atoms with Crippen molar-refractivity contribution in [3.05, 3.63) is 94.4 Å². The molecule has 0 bridgehead atoms. The number of benzene rings is 2. The van der Waals surface area contributed by atoms with Gasteiger partial charge in [0.05, 0.1) is 0 Å². The Morgan fingerprint density at radius 2 is 1.76 bits per heavy atom. The van der Waals surface area contributed by atoms with Gasteiger partial charge >= 0.3 is 0 Å². The standard InChI is InChI=1S/C23H20ClN3O2/c1-14(28)15-10-22(25-11-15)23(29)27-13-18(16-6-2-4-8-20(16)24)19-12-26-21-9-5-3-7-17(19)21/h2-12,18,25-26H,13H2,1H3,(H,27,29)/t18-/m1/s1. The van der Waals surface area contributed by atoms with Crippen molar-refractivity contribution in [3.63, 3.8) is 0 Å². The van der Waals surface area contributed by atoms with E-state index >= 15 is 0 Å². The van der Waals surface area contributed by atoms with Crippen LogP contribution in [0.3, 0.4) is 0 Å². The zero-order valence-corrected chi connectivity index (χ0v) is 16.6. The molecule has 0 saturated heterocycles. The van der Waals surface area contributed by atoms with Crippen LogP contribution in [0.1, 0.15) is 44.8 Å². The molecule has 2 aromatic carbocycles. The van der Waals surface area contributed by atoms with Crippen LogP contribution >= 0.6 is 11.6 Å². The molecule has 0 spiro atoms. The molecule has 0 saturated carbocycles. The Hall–Kier alpha value is -3.31. The number of halogens is 1. The molecule has 0 unspecified atom stereocenters. The summed E-state index contributed by atoms with van der Waals surface area (Å²) >= 11 is 6.49. The first-order valence-corrected chi connectivity index (χ1v) is 9.70. The molecule has 6 heteroatoms. The van der Waals surface area contributed by atoms with E-state index < -0.39 is 0 Å². The van der Waals surface area contributed by atoms with E-state index in [1.54, 1.807) is 12.3 Å². The Bertz CT molecular complexity index is 1190. The highest BCUT2D eigenvalue weighted by molar-refractivity contribution is 6.31. The summed E-state index contributed by atoms with van der Waals surface area (Å²) in [5, 5.41) is 4.71. The largest absolute Gasteiger partial charge is 0.361 e. The van der Waals surface area contributed by atoms with Crippen LogP contribution in [-0.2, 0) is 0 Å². The fourth-order valence-corrected chi connectivity index (χ4v) is 3.81. The number of rotatable bonds is 6. The van der Waals surface area contributed by atoms with Gasteiger partial charge in [-0.05, 0) is 36.2 Å². The van der Waals surface area contributed by atoms with Gasteiger partial charge in [0.2, 0.25) is 0 Å². The molecule has 146 valence electrons. The number of ketones is 1. The van der Waals surface area contributed by atoms with Crippen LogP contribution < -0.4 is 5.32 Å². The number of H-pyrrole nitrogens is 2. The predicted molar refractivity (Wildman–Crippen MR) is 115 cm³/mol. The first kappa shape index (κ1) is 19.0. The van der Waals surface area contributed by atoms with Gasteiger partial charge in [-0.2, -0.15) is 0 Å². The molecule has 0 radical (unpaired) electrons. The highest BCUT2D eigenvalue weighted by Crippen LogP contribution is 2.34. The maximum absolute atomic E-state index is 12.6. The first-order valence-electron chi connectivity index (χ1n) is 9.32. The second-order valence-corrected chi connectivity index (χ2v) is 7.34. The fraction of sp³-hybridized carbons (Fsp3) is 0.130. The molecular weight excluding hydrogens is 386 g/mol. The number of carbonyl (C=O) groups is 2. The van der Waals surface area contributed by atoms with E-state index in [1.165, 1.54) is 6.92 Å². The second-order valence-electron chi connectivity index (χ2n) is 6.93. The van der Waals surface area contributed by atoms with E-state index in [0.29, 0.717) is 22.8 Å². The predicted octanol–water partition coefficient (Wildman–Crippen LogP) is 4.91. The van der Waals surface area contributed by atoms with Gasteiger partial charge in [0.1, 0.15) is 5.69 Å². The smallest absolute Gasteiger partial charge is 0.267 e. The number of aromatic amines is 2. The van der Waals surface area contributed by atoms with Gasteiger partial charge in [-0.15, -0.1) is 0 Å². The van der Waals surface area contributed by atoms with E-state index in [4.69, 9.17) is 11.6 Å². The van der Waals surface area contributed by atoms with Gasteiger partial charge in [-0.1, -0.05) is 48.0 Å². The van der Waals surface area contributed by atoms with E-state index in [-0.39, 0.29) is 17.6 Å². The van der Waals surface area contributed by atoms with Crippen LogP contribution in [0.4, 0.5) is 0 Å². The molecule has 3 N–H and O–H groups in total. The minimum atomic E-state index is -0.269. The maximum atomic E-state index is 12.6. The molecule has 2 aromatic heterocycles. The lowest BCUT2D eigenvalue weighted by atomic mass is 9.90. The lowest BCUT2D eigenvalue weighted by Gasteiger charge is -2.19. The summed E-state index contributed by atoms with van der Waals surface area (Å²) in [6.07, 6.45) is 3.51. The average molecular weight is 406 g/mol. The van der Waals surface area contributed by atoms with Crippen LogP contribution in [-0.4, -0.2) is 28.2 Å². The molecule has 4 aromatic rings. The van der Waals surface area contributed by atoms with Crippen molar-refractivity contribution in [2.24, 2.45) is 0 Å². The van der Waals surface area contributed by atoms with Crippen LogP contribution in [0.2, 0.25) is 5.02 Å². The van der Waals surface area contributed by atoms with Crippen LogP contribution in [0.15, 0.2) is 67.0 Å². The minimum absolute atomic E-state index is 0.0898. The highest BCUT2D eigenvalue weighted by atomic mass is 35.5. The van der Waals surface area contributed by atoms with Gasteiger partial charge < -0.3 is 15.3 Å². The Balaban J connectivity index is 1.65. The van der Waals surface area contributed by atoms with Crippen LogP contribution in [0.25, 0.3) is 10.9 Å². The lowest BCUT2D eigenvalue weighted by Crippen LogP contribution is -2.29. The number of nitrogens with one attached hydrogen (secondary N) is 3. The molecule has 0 aliphatic heterocycles. The quantitative estimate of drug-likeness (QED) is 0.398. The molecule has 0 fully saturated rings. The van der Waals surface area contributed by atoms with Crippen molar-refractivity contribution < 1.29 is 9.59 Å². The Morgan fingerprint density at radius 3 is 2.52 bits per heavy atom. The number of carbonyl (C=O) groups excluding carboxylic acids is 2. The number of hydrogen-bond acceptors (Lipinski definition) is 2. The third-order valence-electron chi connectivity index (χ3n) is 5.08. The number of hydrogen-bond donors (Lipinski definition) is 3. The summed E-state index contributed by atoms with van der Waals surface area (Å²) < 4.78 is 0. The SMILES string of the molecule is CC(=O)c1c[nH]c(C(=O)NC[C@H](c2ccccc2Cl)c2c[nH]c3ccccc23)c1. The Morgan fingerprint density at radius 1 is 1.00 bits per heavy atom. The van der Waals surface area contributed by atoms with Gasteiger partial charge in [0.15, 0.2) is 5.78 Å². The number of aromatic nitrogens is 2. The van der Waals surface area contributed by atoms with Crippen molar-refractivity contribution in [2.75, 3.05) is 6.54 Å². The van der Waals surface area contributed by atoms with E-state index in [0.717, 1.165) is 22.0 Å². The monoisotopic (exact) mass is 405 g/mol. The highest BCUT2D eigenvalue weighted by Gasteiger charge is 2.22. The molecular formula is C23H20ClN3O2. The molecule has 29 heavy (non-hydrogen) atoms. The van der Waals surface area contributed by atoms with Crippen LogP contribution in [0.5, 0.6) is 0 Å². The molecule has 2 heterocycles. The van der Waals surface area contributed by atoms with Gasteiger partial charge in [0, 0.05) is 46.3 Å². The van der Waals surface area contributed by atoms with Crippen molar-refractivity contribution >= 4 is 34.2 Å². The Kier molecular flexibility index (Phi) is 5.23. The molecule has 0 aliphatic carbocycles. The summed E-state index contributed by atoms with van der Waals surface area (Å²) in [7, 11) is 0. The second kappa shape index (κ2) is 7.97. The summed E-state index contributed by atoms with van der Waals surface area (Å²) in [5.41, 5.74) is 3.86. The minimum Gasteiger partial charge on any atom is -0.361 e. The maximum Gasteiger partial charge on any atom is 0.267 e. The van der Waals surface area contributed by atoms with Gasteiger partial charge in [-0.3, -0.25) is 9.59 Å². The first-order chi connectivity index (χ1) is 14.0.